The van der Waals surface area contributed by atoms with Crippen molar-refractivity contribution in [3.8, 4) is 28.4 Å². The average molecular weight is 567 g/mol. The van der Waals surface area contributed by atoms with Gasteiger partial charge in [0.2, 0.25) is 0 Å². The number of fused-ring (bicyclic) bond motifs is 3. The highest BCUT2D eigenvalue weighted by molar-refractivity contribution is 9.10. The summed E-state index contributed by atoms with van der Waals surface area (Å²) >= 11 is 16.2. The van der Waals surface area contributed by atoms with E-state index in [9.17, 15) is 4.79 Å². The summed E-state index contributed by atoms with van der Waals surface area (Å²) in [5, 5.41) is 5.74. The Labute approximate surface area is 215 Å². The smallest absolute Gasteiger partial charge is 0.275 e. The fourth-order valence-corrected chi connectivity index (χ4v) is 5.41. The fraction of sp³-hybridized carbons (Fsp3) is 0.333. The van der Waals surface area contributed by atoms with Gasteiger partial charge in [0.1, 0.15) is 18.1 Å². The third kappa shape index (κ3) is 3.96. The van der Waals surface area contributed by atoms with Crippen LogP contribution in [0.15, 0.2) is 34.8 Å². The molecule has 1 amide bonds. The average Bonchev–Trinajstić information content (AvgIpc) is 3.17. The van der Waals surface area contributed by atoms with Gasteiger partial charge in [-0.05, 0) is 54.0 Å². The molecule has 10 heteroatoms. The van der Waals surface area contributed by atoms with Crippen LogP contribution in [-0.2, 0) is 11.3 Å². The monoisotopic (exact) mass is 565 g/mol. The first-order valence-corrected chi connectivity index (χ1v) is 12.2. The van der Waals surface area contributed by atoms with Crippen molar-refractivity contribution in [1.82, 2.24) is 14.7 Å². The van der Waals surface area contributed by atoms with Crippen LogP contribution in [0.5, 0.6) is 11.5 Å². The van der Waals surface area contributed by atoms with Crippen molar-refractivity contribution < 1.29 is 19.0 Å². The largest absolute Gasteiger partial charge is 0.495 e. The van der Waals surface area contributed by atoms with Gasteiger partial charge in [0.15, 0.2) is 5.69 Å². The minimum absolute atomic E-state index is 0.170. The van der Waals surface area contributed by atoms with Gasteiger partial charge in [-0.25, -0.2) is 4.68 Å². The predicted molar refractivity (Wildman–Crippen MR) is 134 cm³/mol. The number of morpholine rings is 1. The van der Waals surface area contributed by atoms with Crippen LogP contribution in [0.4, 0.5) is 0 Å². The number of carbonyl (C=O) groups excluding carboxylic acids is 1. The summed E-state index contributed by atoms with van der Waals surface area (Å²) < 4.78 is 19.6. The molecular formula is C24H22BrCl2N3O4. The van der Waals surface area contributed by atoms with E-state index in [2.05, 4.69) is 15.9 Å². The molecule has 3 heterocycles. The molecular weight excluding hydrogens is 545 g/mol. The number of aromatic nitrogens is 2. The zero-order chi connectivity index (χ0) is 24.2. The Morgan fingerprint density at radius 3 is 2.59 bits per heavy atom. The molecule has 0 N–H and O–H groups in total. The Morgan fingerprint density at radius 2 is 1.91 bits per heavy atom. The number of benzene rings is 2. The summed E-state index contributed by atoms with van der Waals surface area (Å²) in [4.78, 5) is 15.6. The molecule has 34 heavy (non-hydrogen) atoms. The Hall–Kier alpha value is -2.26. The maximum absolute atomic E-state index is 13.8. The molecule has 1 saturated heterocycles. The lowest BCUT2D eigenvalue weighted by atomic mass is 9.99. The van der Waals surface area contributed by atoms with Crippen molar-refractivity contribution in [2.45, 2.75) is 26.0 Å². The van der Waals surface area contributed by atoms with Crippen molar-refractivity contribution in [3.63, 3.8) is 0 Å². The van der Waals surface area contributed by atoms with E-state index in [4.69, 9.17) is 42.5 Å². The van der Waals surface area contributed by atoms with E-state index in [0.29, 0.717) is 58.2 Å². The van der Waals surface area contributed by atoms with Gasteiger partial charge in [-0.1, -0.05) is 23.2 Å². The summed E-state index contributed by atoms with van der Waals surface area (Å²) in [6.45, 7) is 5.58. The van der Waals surface area contributed by atoms with Gasteiger partial charge in [0, 0.05) is 33.8 Å². The van der Waals surface area contributed by atoms with Gasteiger partial charge < -0.3 is 19.1 Å². The molecule has 0 bridgehead atoms. The van der Waals surface area contributed by atoms with E-state index in [1.807, 2.05) is 30.9 Å². The zero-order valence-electron chi connectivity index (χ0n) is 18.8. The number of hydrogen-bond acceptors (Lipinski definition) is 5. The van der Waals surface area contributed by atoms with Gasteiger partial charge >= 0.3 is 0 Å². The summed E-state index contributed by atoms with van der Waals surface area (Å²) in [5.74, 6) is 1.11. The van der Waals surface area contributed by atoms with Gasteiger partial charge in [0.05, 0.1) is 41.7 Å². The maximum atomic E-state index is 13.8. The van der Waals surface area contributed by atoms with E-state index >= 15 is 0 Å². The summed E-state index contributed by atoms with van der Waals surface area (Å²) in [6.07, 6.45) is 0. The number of rotatable bonds is 3. The van der Waals surface area contributed by atoms with Gasteiger partial charge in [-0.15, -0.1) is 0 Å². The molecule has 2 aliphatic heterocycles. The molecule has 2 aromatic carbocycles. The molecule has 178 valence electrons. The van der Waals surface area contributed by atoms with Crippen LogP contribution in [0.3, 0.4) is 0 Å². The number of methoxy groups -OCH3 is 1. The van der Waals surface area contributed by atoms with Crippen molar-refractivity contribution in [2.24, 2.45) is 0 Å². The molecule has 3 aromatic rings. The number of amides is 1. The van der Waals surface area contributed by atoms with Crippen LogP contribution in [-0.4, -0.2) is 53.0 Å². The number of halogens is 3. The first-order valence-electron chi connectivity index (χ1n) is 10.7. The molecule has 0 atom stereocenters. The molecule has 1 aromatic heterocycles. The molecule has 7 nitrogen and oxygen atoms in total. The highest BCUT2D eigenvalue weighted by Crippen LogP contribution is 2.45. The first kappa shape index (κ1) is 23.5. The third-order valence-corrected chi connectivity index (χ3v) is 7.11. The highest BCUT2D eigenvalue weighted by atomic mass is 79.9. The lowest BCUT2D eigenvalue weighted by Crippen LogP contribution is -2.55. The number of carbonyl (C=O) groups is 1. The summed E-state index contributed by atoms with van der Waals surface area (Å²) in [6, 6.07) is 8.91. The van der Waals surface area contributed by atoms with E-state index in [1.54, 1.807) is 30.0 Å². The van der Waals surface area contributed by atoms with Crippen LogP contribution in [0, 0.1) is 0 Å². The molecule has 0 saturated carbocycles. The van der Waals surface area contributed by atoms with E-state index in [1.165, 1.54) is 0 Å². The molecule has 5 rings (SSSR count). The van der Waals surface area contributed by atoms with Crippen LogP contribution < -0.4 is 9.47 Å². The second-order valence-electron chi connectivity index (χ2n) is 8.81. The number of ether oxygens (including phenoxy) is 3. The fourth-order valence-electron chi connectivity index (χ4n) is 4.39. The van der Waals surface area contributed by atoms with Crippen LogP contribution >= 0.6 is 39.1 Å². The predicted octanol–water partition coefficient (Wildman–Crippen LogP) is 5.76. The normalized spacial score (nSPS) is 16.5. The van der Waals surface area contributed by atoms with E-state index < -0.39 is 5.54 Å². The summed E-state index contributed by atoms with van der Waals surface area (Å²) in [5.41, 5.74) is 2.74. The van der Waals surface area contributed by atoms with Gasteiger partial charge in [-0.3, -0.25) is 4.79 Å². The van der Waals surface area contributed by atoms with Gasteiger partial charge in [-0.2, -0.15) is 5.10 Å². The Bertz CT molecular complexity index is 1290. The SMILES string of the molecule is COc1cc2c(cc1Br)-c1c(c(C(=O)N3CCOCC3(C)C)nn1-c1cc(Cl)cc(Cl)c1)CO2. The van der Waals surface area contributed by atoms with Crippen LogP contribution in [0.1, 0.15) is 29.9 Å². The Kier molecular flexibility index (Phi) is 6.04. The zero-order valence-corrected chi connectivity index (χ0v) is 21.9. The second kappa shape index (κ2) is 8.75. The third-order valence-electron chi connectivity index (χ3n) is 6.05. The molecule has 2 aliphatic rings. The minimum Gasteiger partial charge on any atom is -0.495 e. The molecule has 0 radical (unpaired) electrons. The number of hydrogen-bond donors (Lipinski definition) is 0. The lowest BCUT2D eigenvalue weighted by molar-refractivity contribution is -0.0374. The lowest BCUT2D eigenvalue weighted by Gasteiger charge is -2.41. The van der Waals surface area contributed by atoms with Crippen LogP contribution in [0.2, 0.25) is 10.0 Å². The second-order valence-corrected chi connectivity index (χ2v) is 10.5. The standard InChI is InChI=1S/C24H22BrCl2N3O4/c1-24(2)12-33-5-4-29(24)23(31)21-17-11-34-19-10-20(32-3)18(25)9-16(19)22(17)30(28-21)15-7-13(26)6-14(27)8-15/h6-10H,4-5,11-12H2,1-3H3. The van der Waals surface area contributed by atoms with Gasteiger partial charge in [0.25, 0.3) is 5.91 Å². The number of nitrogens with zero attached hydrogens (tertiary/aromatic N) is 3. The molecule has 0 aliphatic carbocycles. The molecule has 0 unspecified atom stereocenters. The van der Waals surface area contributed by atoms with E-state index in [-0.39, 0.29) is 12.5 Å². The molecule has 1 fully saturated rings. The summed E-state index contributed by atoms with van der Waals surface area (Å²) in [7, 11) is 1.60. The van der Waals surface area contributed by atoms with E-state index in [0.717, 1.165) is 15.7 Å². The minimum atomic E-state index is -0.463. The Balaban J connectivity index is 1.73. The van der Waals surface area contributed by atoms with Crippen molar-refractivity contribution >= 4 is 45.0 Å². The first-order chi connectivity index (χ1) is 16.2. The topological polar surface area (TPSA) is 65.8 Å². The maximum Gasteiger partial charge on any atom is 0.275 e. The Morgan fingerprint density at radius 1 is 1.18 bits per heavy atom. The molecule has 0 spiro atoms. The van der Waals surface area contributed by atoms with Crippen LogP contribution in [0.25, 0.3) is 16.9 Å². The highest BCUT2D eigenvalue weighted by Gasteiger charge is 2.39. The van der Waals surface area contributed by atoms with Crippen molar-refractivity contribution in [2.75, 3.05) is 26.9 Å². The van der Waals surface area contributed by atoms with Crippen molar-refractivity contribution in [3.05, 3.63) is 56.1 Å². The quantitative estimate of drug-likeness (QED) is 0.403. The van der Waals surface area contributed by atoms with Crippen molar-refractivity contribution in [1.29, 1.82) is 0 Å².